The van der Waals surface area contributed by atoms with Gasteiger partial charge in [-0.3, -0.25) is 4.90 Å². The van der Waals surface area contributed by atoms with Crippen LogP contribution in [-0.4, -0.2) is 17.0 Å². The van der Waals surface area contributed by atoms with Crippen LogP contribution in [0.15, 0.2) is 84.9 Å². The van der Waals surface area contributed by atoms with Gasteiger partial charge in [0, 0.05) is 12.0 Å². The van der Waals surface area contributed by atoms with Crippen LogP contribution in [0.4, 0.5) is 4.79 Å². The maximum Gasteiger partial charge on any atom is 0.411 e. The minimum absolute atomic E-state index is 0.0844. The summed E-state index contributed by atoms with van der Waals surface area (Å²) >= 11 is 0. The number of hydrogen-bond donors (Lipinski definition) is 0. The molecule has 28 heavy (non-hydrogen) atoms. The molecule has 0 unspecified atom stereocenters. The van der Waals surface area contributed by atoms with Crippen LogP contribution in [0.2, 0.25) is 0 Å². The third-order valence-corrected chi connectivity index (χ3v) is 6.61. The minimum Gasteiger partial charge on any atom is -0.439 e. The molecule has 1 saturated heterocycles. The van der Waals surface area contributed by atoms with Gasteiger partial charge in [-0.1, -0.05) is 84.9 Å². The Bertz CT molecular complexity index is 1030. The Morgan fingerprint density at radius 3 is 2.18 bits per heavy atom. The molecule has 3 aromatic carbocycles. The van der Waals surface area contributed by atoms with Gasteiger partial charge in [-0.2, -0.15) is 0 Å². The summed E-state index contributed by atoms with van der Waals surface area (Å²) in [6.45, 7) is 0. The first kappa shape index (κ1) is 15.9. The average molecular weight is 367 g/mol. The Morgan fingerprint density at radius 1 is 0.786 bits per heavy atom. The number of hydrogen-bond acceptors (Lipinski definition) is 2. The van der Waals surface area contributed by atoms with E-state index in [0.717, 1.165) is 17.5 Å². The van der Waals surface area contributed by atoms with E-state index in [1.165, 1.54) is 11.1 Å². The molecule has 5 atom stereocenters. The average Bonchev–Trinajstić information content (AvgIpc) is 3.13. The maximum atomic E-state index is 13.1. The predicted molar refractivity (Wildman–Crippen MR) is 107 cm³/mol. The Labute approximate surface area is 164 Å². The zero-order chi connectivity index (χ0) is 18.7. The smallest absolute Gasteiger partial charge is 0.411 e. The number of carbonyl (C=O) groups is 1. The van der Waals surface area contributed by atoms with Crippen molar-refractivity contribution in [3.05, 3.63) is 107 Å². The van der Waals surface area contributed by atoms with Gasteiger partial charge in [-0.05, 0) is 34.6 Å². The minimum atomic E-state index is -0.271. The molecule has 0 radical (unpaired) electrons. The first-order chi connectivity index (χ1) is 13.8. The third-order valence-electron chi connectivity index (χ3n) is 6.61. The summed E-state index contributed by atoms with van der Waals surface area (Å²) in [6, 6.07) is 29.3. The lowest BCUT2D eigenvalue weighted by Gasteiger charge is -2.27. The van der Waals surface area contributed by atoms with E-state index in [1.54, 1.807) is 0 Å². The van der Waals surface area contributed by atoms with Crippen LogP contribution < -0.4 is 0 Å². The number of cyclic esters (lactones) is 1. The number of fused-ring (bicyclic) bond motifs is 3. The molecular weight excluding hydrogens is 346 g/mol. The van der Waals surface area contributed by atoms with Gasteiger partial charge in [0.2, 0.25) is 0 Å². The van der Waals surface area contributed by atoms with Gasteiger partial charge in [0.25, 0.3) is 0 Å². The molecule has 0 aromatic heterocycles. The van der Waals surface area contributed by atoms with E-state index in [1.807, 2.05) is 41.3 Å². The SMILES string of the molecule is O=C1O[C@@H](c2ccccc2)[C@@H](c2ccccc2)N1[C@@H]1[C@@H]2Cc3ccccc3[C@@H]21. The second-order valence-corrected chi connectivity index (χ2v) is 8.06. The van der Waals surface area contributed by atoms with Gasteiger partial charge in [-0.25, -0.2) is 4.79 Å². The zero-order valence-electron chi connectivity index (χ0n) is 15.4. The van der Waals surface area contributed by atoms with Gasteiger partial charge in [0.05, 0.1) is 0 Å². The topological polar surface area (TPSA) is 29.5 Å². The first-order valence-corrected chi connectivity index (χ1v) is 9.99. The van der Waals surface area contributed by atoms with Crippen molar-refractivity contribution < 1.29 is 9.53 Å². The second kappa shape index (κ2) is 5.96. The van der Waals surface area contributed by atoms with Gasteiger partial charge >= 0.3 is 6.09 Å². The van der Waals surface area contributed by atoms with E-state index < -0.39 is 0 Å². The van der Waals surface area contributed by atoms with Crippen LogP contribution in [0.25, 0.3) is 0 Å². The van der Waals surface area contributed by atoms with E-state index in [-0.39, 0.29) is 24.3 Å². The molecule has 2 fully saturated rings. The van der Waals surface area contributed by atoms with Gasteiger partial charge in [0.1, 0.15) is 6.04 Å². The van der Waals surface area contributed by atoms with Crippen LogP contribution in [-0.2, 0) is 11.2 Å². The fraction of sp³-hybridized carbons (Fsp3) is 0.240. The van der Waals surface area contributed by atoms with Crippen molar-refractivity contribution in [2.45, 2.75) is 30.5 Å². The zero-order valence-corrected chi connectivity index (χ0v) is 15.4. The number of carbonyl (C=O) groups excluding carboxylic acids is 1. The van der Waals surface area contributed by atoms with Crippen molar-refractivity contribution >= 4 is 6.09 Å². The van der Waals surface area contributed by atoms with Crippen molar-refractivity contribution in [1.82, 2.24) is 4.90 Å². The Kier molecular flexibility index (Phi) is 3.39. The molecule has 1 amide bonds. The molecule has 0 bridgehead atoms. The van der Waals surface area contributed by atoms with Gasteiger partial charge < -0.3 is 4.74 Å². The fourth-order valence-corrected chi connectivity index (χ4v) is 5.38. The normalized spacial score (nSPS) is 29.9. The molecule has 3 aromatic rings. The summed E-state index contributed by atoms with van der Waals surface area (Å²) in [6.07, 6.45) is 0.611. The summed E-state index contributed by atoms with van der Waals surface area (Å²) < 4.78 is 5.97. The summed E-state index contributed by atoms with van der Waals surface area (Å²) in [5.41, 5.74) is 5.05. The van der Waals surface area contributed by atoms with Gasteiger partial charge in [-0.15, -0.1) is 0 Å². The predicted octanol–water partition coefficient (Wildman–Crippen LogP) is 5.26. The summed E-state index contributed by atoms with van der Waals surface area (Å²) in [5.74, 6) is 0.968. The summed E-state index contributed by atoms with van der Waals surface area (Å²) in [5, 5.41) is 0. The highest BCUT2D eigenvalue weighted by Crippen LogP contribution is 2.62. The molecular formula is C25H21NO2. The first-order valence-electron chi connectivity index (χ1n) is 9.99. The number of rotatable bonds is 3. The number of nitrogens with zero attached hydrogens (tertiary/aromatic N) is 1. The van der Waals surface area contributed by atoms with Crippen molar-refractivity contribution in [2.75, 3.05) is 0 Å². The Morgan fingerprint density at radius 2 is 1.43 bits per heavy atom. The molecule has 1 heterocycles. The number of ether oxygens (including phenoxy) is 1. The van der Waals surface area contributed by atoms with Crippen molar-refractivity contribution in [3.63, 3.8) is 0 Å². The maximum absolute atomic E-state index is 13.1. The monoisotopic (exact) mass is 367 g/mol. The number of benzene rings is 3. The van der Waals surface area contributed by atoms with E-state index in [9.17, 15) is 4.79 Å². The quantitative estimate of drug-likeness (QED) is 0.632. The molecule has 3 heteroatoms. The lowest BCUT2D eigenvalue weighted by molar-refractivity contribution is 0.129. The molecule has 138 valence electrons. The van der Waals surface area contributed by atoms with Gasteiger partial charge in [0.15, 0.2) is 6.10 Å². The Hall–Kier alpha value is -3.07. The molecule has 1 aliphatic heterocycles. The molecule has 3 nitrogen and oxygen atoms in total. The van der Waals surface area contributed by atoms with Crippen LogP contribution in [0.3, 0.4) is 0 Å². The highest BCUT2D eigenvalue weighted by Gasteiger charge is 2.63. The van der Waals surface area contributed by atoms with E-state index in [2.05, 4.69) is 48.5 Å². The van der Waals surface area contributed by atoms with Crippen LogP contribution in [0.1, 0.15) is 40.3 Å². The standard InChI is InChI=1S/C25H21NO2/c27-25-26(23-20-15-18-13-7-8-14-19(18)21(20)23)22(16-9-3-1-4-10-16)24(28-25)17-11-5-2-6-12-17/h1-14,20-24H,15H2/t20-,21+,22-,23-,24+/m1/s1. The summed E-state index contributed by atoms with van der Waals surface area (Å²) in [4.78, 5) is 15.1. The molecule has 1 saturated carbocycles. The molecule has 3 aliphatic rings. The lowest BCUT2D eigenvalue weighted by atomic mass is 9.94. The highest BCUT2D eigenvalue weighted by molar-refractivity contribution is 5.73. The van der Waals surface area contributed by atoms with Crippen molar-refractivity contribution in [1.29, 1.82) is 0 Å². The molecule has 6 rings (SSSR count). The van der Waals surface area contributed by atoms with Crippen LogP contribution in [0.5, 0.6) is 0 Å². The van der Waals surface area contributed by atoms with E-state index in [4.69, 9.17) is 4.74 Å². The molecule has 2 aliphatic carbocycles. The van der Waals surface area contributed by atoms with Crippen LogP contribution >= 0.6 is 0 Å². The lowest BCUT2D eigenvalue weighted by Crippen LogP contribution is -2.33. The van der Waals surface area contributed by atoms with Crippen molar-refractivity contribution in [2.24, 2.45) is 5.92 Å². The molecule has 0 N–H and O–H groups in total. The molecule has 0 spiro atoms. The summed E-state index contributed by atoms with van der Waals surface area (Å²) in [7, 11) is 0. The largest absolute Gasteiger partial charge is 0.439 e. The highest BCUT2D eigenvalue weighted by atomic mass is 16.6. The number of amides is 1. The van der Waals surface area contributed by atoms with E-state index >= 15 is 0 Å². The Balaban J connectivity index is 1.41. The van der Waals surface area contributed by atoms with Crippen LogP contribution in [0, 0.1) is 5.92 Å². The van der Waals surface area contributed by atoms with E-state index in [0.29, 0.717) is 11.8 Å². The second-order valence-electron chi connectivity index (χ2n) is 8.06. The third kappa shape index (κ3) is 2.26. The fourth-order valence-electron chi connectivity index (χ4n) is 5.38. The van der Waals surface area contributed by atoms with Crippen molar-refractivity contribution in [3.8, 4) is 0 Å².